The minimum absolute atomic E-state index is 0.363. The molecule has 0 heterocycles. The third-order valence-electron chi connectivity index (χ3n) is 15.3. The second-order valence-corrected chi connectivity index (χ2v) is 20.4. The van der Waals surface area contributed by atoms with E-state index in [4.69, 9.17) is 0 Å². The summed E-state index contributed by atoms with van der Waals surface area (Å²) < 4.78 is 32.1. The van der Waals surface area contributed by atoms with Crippen LogP contribution in [0.5, 0.6) is 0 Å². The fourth-order valence-electron chi connectivity index (χ4n) is 10.9. The average Bonchev–Trinajstić information content (AvgIpc) is 3.61. The standard InChI is InChI=1S/C78H54F2N2/c79-77-53-73(49-51-75(77)67-17-9-3-10-18-67)82(74-50-52-76(78(80)54-74)68-19-11-4-12-20-68)72-47-39-66(40-48-72)62-31-29-61(30-32-62)65-37-45-71(46-38-65)81(69-41-33-63(34-42-69)59-25-21-57(22-26-59)55-13-5-1-6-14-55)70-43-35-64(36-44-70)60-27-23-58(24-28-60)56-15-7-2-8-16-56/h1-54H. The molecule has 13 aromatic rings. The van der Waals surface area contributed by atoms with Gasteiger partial charge in [0.05, 0.1) is 0 Å². The smallest absolute Gasteiger partial charge is 0.133 e. The molecule has 0 unspecified atom stereocenters. The summed E-state index contributed by atoms with van der Waals surface area (Å²) in [5, 5.41) is 0. The van der Waals surface area contributed by atoms with Gasteiger partial charge < -0.3 is 9.80 Å². The molecule has 0 atom stereocenters. The number of anilines is 6. The van der Waals surface area contributed by atoms with Gasteiger partial charge >= 0.3 is 0 Å². The highest BCUT2D eigenvalue weighted by atomic mass is 19.1. The first-order valence-corrected chi connectivity index (χ1v) is 27.6. The van der Waals surface area contributed by atoms with Crippen molar-refractivity contribution in [3.05, 3.63) is 339 Å². The predicted octanol–water partition coefficient (Wildman–Crippen LogP) is 22.2. The molecule has 0 saturated carbocycles. The van der Waals surface area contributed by atoms with Gasteiger partial charge in [0.15, 0.2) is 0 Å². The predicted molar refractivity (Wildman–Crippen MR) is 339 cm³/mol. The molecule has 0 aliphatic heterocycles. The van der Waals surface area contributed by atoms with Crippen molar-refractivity contribution in [2.24, 2.45) is 0 Å². The summed E-state index contributed by atoms with van der Waals surface area (Å²) >= 11 is 0. The lowest BCUT2D eigenvalue weighted by Crippen LogP contribution is -2.11. The Bertz CT molecular complexity index is 4030. The van der Waals surface area contributed by atoms with Crippen molar-refractivity contribution < 1.29 is 8.78 Å². The number of halogens is 2. The van der Waals surface area contributed by atoms with Gasteiger partial charge in [0.25, 0.3) is 0 Å². The summed E-state index contributed by atoms with van der Waals surface area (Å²) in [4.78, 5) is 4.21. The molecule has 0 saturated heterocycles. The number of hydrogen-bond donors (Lipinski definition) is 0. The van der Waals surface area contributed by atoms with Crippen molar-refractivity contribution in [3.63, 3.8) is 0 Å². The van der Waals surface area contributed by atoms with Crippen molar-refractivity contribution in [2.75, 3.05) is 9.80 Å². The van der Waals surface area contributed by atoms with Crippen molar-refractivity contribution in [1.82, 2.24) is 0 Å². The van der Waals surface area contributed by atoms with Crippen LogP contribution in [0.25, 0.3) is 89.0 Å². The zero-order valence-electron chi connectivity index (χ0n) is 44.8. The van der Waals surface area contributed by atoms with E-state index in [1.54, 1.807) is 12.1 Å². The third kappa shape index (κ3) is 10.8. The van der Waals surface area contributed by atoms with E-state index in [0.717, 1.165) is 78.4 Å². The lowest BCUT2D eigenvalue weighted by Gasteiger charge is -2.26. The number of nitrogens with zero attached hydrogens (tertiary/aromatic N) is 2. The van der Waals surface area contributed by atoms with Crippen LogP contribution >= 0.6 is 0 Å². The molecule has 0 bridgehead atoms. The highest BCUT2D eigenvalue weighted by Gasteiger charge is 2.19. The Balaban J connectivity index is 0.770. The van der Waals surface area contributed by atoms with Crippen molar-refractivity contribution in [2.45, 2.75) is 0 Å². The molecule has 0 radical (unpaired) electrons. The van der Waals surface area contributed by atoms with Crippen molar-refractivity contribution >= 4 is 34.1 Å². The van der Waals surface area contributed by atoms with Gasteiger partial charge in [-0.05, 0) is 163 Å². The first-order chi connectivity index (χ1) is 40.5. The van der Waals surface area contributed by atoms with Crippen LogP contribution in [-0.2, 0) is 0 Å². The monoisotopic (exact) mass is 1060 g/mol. The van der Waals surface area contributed by atoms with E-state index < -0.39 is 0 Å². The Morgan fingerprint density at radius 3 is 0.549 bits per heavy atom. The molecule has 0 spiro atoms. The normalized spacial score (nSPS) is 11.0. The first kappa shape index (κ1) is 50.8. The van der Waals surface area contributed by atoms with Gasteiger partial charge in [-0.15, -0.1) is 0 Å². The SMILES string of the molecule is Fc1cc(N(c2ccc(-c3ccc(-c4ccc(N(c5ccc(-c6ccc(-c7ccccc7)cc6)cc5)c5ccc(-c6ccc(-c7ccccc7)cc6)cc5)cc4)cc3)cc2)c2ccc(-c3ccccc3)c(F)c2)ccc1-c1ccccc1. The van der Waals surface area contributed by atoms with Gasteiger partial charge in [-0.25, -0.2) is 8.78 Å². The van der Waals surface area contributed by atoms with E-state index in [1.807, 2.05) is 102 Å². The average molecular weight is 1060 g/mol. The molecule has 0 aromatic heterocycles. The Morgan fingerprint density at radius 2 is 0.329 bits per heavy atom. The van der Waals surface area contributed by atoms with Crippen LogP contribution in [0.4, 0.5) is 42.9 Å². The minimum atomic E-state index is -0.363. The Hall–Kier alpha value is -10.7. The topological polar surface area (TPSA) is 6.48 Å². The summed E-state index contributed by atoms with van der Waals surface area (Å²) in [5.74, 6) is -0.726. The van der Waals surface area contributed by atoms with Gasteiger partial charge in [-0.1, -0.05) is 243 Å². The summed E-state index contributed by atoms with van der Waals surface area (Å²) in [6.45, 7) is 0. The Labute approximate surface area is 478 Å². The summed E-state index contributed by atoms with van der Waals surface area (Å²) in [5.41, 5.74) is 21.3. The highest BCUT2D eigenvalue weighted by Crippen LogP contribution is 2.42. The van der Waals surface area contributed by atoms with E-state index in [0.29, 0.717) is 22.5 Å². The zero-order valence-corrected chi connectivity index (χ0v) is 44.8. The second-order valence-electron chi connectivity index (χ2n) is 20.4. The molecular formula is C78H54F2N2. The maximum atomic E-state index is 16.0. The summed E-state index contributed by atoms with van der Waals surface area (Å²) in [6.07, 6.45) is 0. The molecule has 13 rings (SSSR count). The first-order valence-electron chi connectivity index (χ1n) is 27.6. The molecule has 0 aliphatic rings. The van der Waals surface area contributed by atoms with E-state index >= 15 is 8.78 Å². The molecule has 0 N–H and O–H groups in total. The molecule has 4 heteroatoms. The van der Waals surface area contributed by atoms with Crippen LogP contribution in [0.1, 0.15) is 0 Å². The number of rotatable bonds is 14. The fraction of sp³-hybridized carbons (Fsp3) is 0. The van der Waals surface area contributed by atoms with Gasteiger partial charge in [0.2, 0.25) is 0 Å². The Kier molecular flexibility index (Phi) is 14.2. The van der Waals surface area contributed by atoms with Gasteiger partial charge in [0.1, 0.15) is 11.6 Å². The van der Waals surface area contributed by atoms with Gasteiger partial charge in [-0.3, -0.25) is 0 Å². The molecule has 2 nitrogen and oxygen atoms in total. The van der Waals surface area contributed by atoms with Crippen molar-refractivity contribution in [3.8, 4) is 89.0 Å². The summed E-state index contributed by atoms with van der Waals surface area (Å²) in [7, 11) is 0. The molecule has 0 amide bonds. The van der Waals surface area contributed by atoms with Gasteiger partial charge in [0, 0.05) is 45.3 Å². The molecule has 0 aliphatic carbocycles. The molecule has 13 aromatic carbocycles. The van der Waals surface area contributed by atoms with Crippen LogP contribution in [0.15, 0.2) is 328 Å². The van der Waals surface area contributed by atoms with E-state index in [2.05, 4.69) is 211 Å². The van der Waals surface area contributed by atoms with E-state index in [9.17, 15) is 0 Å². The Morgan fingerprint density at radius 1 is 0.159 bits per heavy atom. The van der Waals surface area contributed by atoms with Crippen molar-refractivity contribution in [1.29, 1.82) is 0 Å². The van der Waals surface area contributed by atoms with Crippen LogP contribution in [0.3, 0.4) is 0 Å². The number of benzene rings is 13. The fourth-order valence-corrected chi connectivity index (χ4v) is 10.9. The quantitative estimate of drug-likeness (QED) is 0.107. The highest BCUT2D eigenvalue weighted by molar-refractivity contribution is 5.84. The maximum absolute atomic E-state index is 16.0. The number of hydrogen-bond acceptors (Lipinski definition) is 2. The van der Waals surface area contributed by atoms with Crippen LogP contribution in [0, 0.1) is 11.6 Å². The largest absolute Gasteiger partial charge is 0.311 e. The molecule has 82 heavy (non-hydrogen) atoms. The second kappa shape index (κ2) is 23.0. The van der Waals surface area contributed by atoms with Crippen LogP contribution in [0.2, 0.25) is 0 Å². The van der Waals surface area contributed by atoms with Crippen LogP contribution in [-0.4, -0.2) is 0 Å². The van der Waals surface area contributed by atoms with E-state index in [1.165, 1.54) is 34.4 Å². The zero-order chi connectivity index (χ0) is 55.2. The van der Waals surface area contributed by atoms with Gasteiger partial charge in [-0.2, -0.15) is 0 Å². The molecule has 390 valence electrons. The lowest BCUT2D eigenvalue weighted by molar-refractivity contribution is 0.630. The third-order valence-corrected chi connectivity index (χ3v) is 15.3. The molecule has 0 fully saturated rings. The van der Waals surface area contributed by atoms with Crippen LogP contribution < -0.4 is 9.80 Å². The van der Waals surface area contributed by atoms with E-state index in [-0.39, 0.29) is 11.6 Å². The maximum Gasteiger partial charge on any atom is 0.133 e. The minimum Gasteiger partial charge on any atom is -0.311 e. The molecular weight excluding hydrogens is 1000 g/mol. The summed E-state index contributed by atoms with van der Waals surface area (Å²) in [6, 6.07) is 111. The lowest BCUT2D eigenvalue weighted by atomic mass is 9.99.